The lowest BCUT2D eigenvalue weighted by Gasteiger charge is -2.02. The third-order valence-corrected chi connectivity index (χ3v) is 4.62. The number of halogens is 2. The molecule has 2 N–H and O–H groups in total. The number of carbonyl (C=O) groups is 1. The maximum absolute atomic E-state index is 13.2. The van der Waals surface area contributed by atoms with Crippen molar-refractivity contribution in [2.24, 2.45) is 5.73 Å². The Balaban J connectivity index is 2.04. The van der Waals surface area contributed by atoms with E-state index >= 15 is 0 Å². The molecular formula is C13H14F2N4O3S. The van der Waals surface area contributed by atoms with Crippen LogP contribution in [-0.2, 0) is 21.2 Å². The van der Waals surface area contributed by atoms with Crippen LogP contribution in [0.5, 0.6) is 0 Å². The molecule has 0 atom stereocenters. The average Bonchev–Trinajstić information content (AvgIpc) is 2.91. The molecule has 0 unspecified atom stereocenters. The summed E-state index contributed by atoms with van der Waals surface area (Å²) in [7, 11) is -3.45. The number of benzene rings is 1. The molecule has 124 valence electrons. The molecule has 0 aliphatic heterocycles. The van der Waals surface area contributed by atoms with Gasteiger partial charge in [0.2, 0.25) is 5.91 Å². The summed E-state index contributed by atoms with van der Waals surface area (Å²) in [4.78, 5) is 10.6. The highest BCUT2D eigenvalue weighted by atomic mass is 32.2. The molecule has 1 heterocycles. The van der Waals surface area contributed by atoms with Gasteiger partial charge in [0, 0.05) is 18.1 Å². The van der Waals surface area contributed by atoms with Gasteiger partial charge in [-0.2, -0.15) is 0 Å². The van der Waals surface area contributed by atoms with Crippen LogP contribution < -0.4 is 5.73 Å². The van der Waals surface area contributed by atoms with Gasteiger partial charge < -0.3 is 5.73 Å². The Morgan fingerprint density at radius 3 is 2.43 bits per heavy atom. The highest BCUT2D eigenvalue weighted by molar-refractivity contribution is 7.91. The minimum absolute atomic E-state index is 0.00585. The predicted octanol–water partition coefficient (Wildman–Crippen LogP) is 0.513. The van der Waals surface area contributed by atoms with Gasteiger partial charge in [0.05, 0.1) is 24.2 Å². The summed E-state index contributed by atoms with van der Waals surface area (Å²) in [5.74, 6) is -2.77. The largest absolute Gasteiger partial charge is 0.370 e. The fraction of sp³-hybridized carbons (Fsp3) is 0.308. The maximum atomic E-state index is 13.2. The van der Waals surface area contributed by atoms with Crippen molar-refractivity contribution in [2.75, 3.05) is 11.5 Å². The number of amides is 1. The summed E-state index contributed by atoms with van der Waals surface area (Å²) in [5.41, 5.74) is 5.33. The van der Waals surface area contributed by atoms with E-state index in [-0.39, 0.29) is 35.7 Å². The first-order valence-electron chi connectivity index (χ1n) is 6.60. The van der Waals surface area contributed by atoms with Crippen molar-refractivity contribution < 1.29 is 22.0 Å². The van der Waals surface area contributed by atoms with Gasteiger partial charge in [-0.05, 0) is 12.1 Å². The molecular weight excluding hydrogens is 330 g/mol. The Labute approximate surface area is 131 Å². The van der Waals surface area contributed by atoms with Crippen LogP contribution in [0.15, 0.2) is 24.4 Å². The number of aromatic nitrogens is 3. The van der Waals surface area contributed by atoms with E-state index in [0.29, 0.717) is 0 Å². The fourth-order valence-electron chi connectivity index (χ4n) is 1.83. The van der Waals surface area contributed by atoms with Crippen LogP contribution in [0, 0.1) is 11.6 Å². The second kappa shape index (κ2) is 6.82. The molecule has 0 saturated carbocycles. The van der Waals surface area contributed by atoms with E-state index in [2.05, 4.69) is 10.3 Å². The molecule has 0 saturated heterocycles. The van der Waals surface area contributed by atoms with Crippen molar-refractivity contribution in [3.63, 3.8) is 0 Å². The Kier molecular flexibility index (Phi) is 5.04. The minimum atomic E-state index is -3.45. The fourth-order valence-corrected chi connectivity index (χ4v) is 3.01. The molecule has 0 bridgehead atoms. The maximum Gasteiger partial charge on any atom is 0.218 e. The normalized spacial score (nSPS) is 11.6. The highest BCUT2D eigenvalue weighted by Crippen LogP contribution is 2.19. The van der Waals surface area contributed by atoms with Gasteiger partial charge in [0.15, 0.2) is 9.84 Å². The second-order valence-electron chi connectivity index (χ2n) is 4.89. The zero-order valence-electron chi connectivity index (χ0n) is 11.9. The van der Waals surface area contributed by atoms with Crippen molar-refractivity contribution in [2.45, 2.75) is 13.0 Å². The van der Waals surface area contributed by atoms with Gasteiger partial charge in [0.25, 0.3) is 0 Å². The Hall–Kier alpha value is -2.36. The monoisotopic (exact) mass is 344 g/mol. The van der Waals surface area contributed by atoms with E-state index in [1.165, 1.54) is 10.9 Å². The van der Waals surface area contributed by atoms with E-state index < -0.39 is 27.4 Å². The van der Waals surface area contributed by atoms with Crippen molar-refractivity contribution in [1.29, 1.82) is 0 Å². The molecule has 0 fully saturated rings. The molecule has 0 aliphatic carbocycles. The van der Waals surface area contributed by atoms with E-state index in [1.54, 1.807) is 0 Å². The first-order chi connectivity index (χ1) is 10.7. The van der Waals surface area contributed by atoms with Crippen LogP contribution in [0.3, 0.4) is 0 Å². The Bertz CT molecular complexity index is 800. The molecule has 2 aromatic rings. The number of rotatable bonds is 7. The van der Waals surface area contributed by atoms with E-state index in [1.807, 2.05) is 0 Å². The average molecular weight is 344 g/mol. The van der Waals surface area contributed by atoms with E-state index in [9.17, 15) is 22.0 Å². The molecule has 0 radical (unpaired) electrons. The van der Waals surface area contributed by atoms with Crippen LogP contribution in [-0.4, -0.2) is 40.8 Å². The number of nitrogens with two attached hydrogens (primary N) is 1. The van der Waals surface area contributed by atoms with Crippen LogP contribution in [0.2, 0.25) is 0 Å². The summed E-state index contributed by atoms with van der Waals surface area (Å²) in [6.07, 6.45) is 1.14. The molecule has 1 aromatic heterocycles. The van der Waals surface area contributed by atoms with Crippen LogP contribution in [0.1, 0.15) is 6.42 Å². The van der Waals surface area contributed by atoms with Crippen molar-refractivity contribution in [3.05, 3.63) is 36.0 Å². The van der Waals surface area contributed by atoms with Gasteiger partial charge in [-0.25, -0.2) is 17.2 Å². The molecule has 10 heteroatoms. The number of nitrogens with zero attached hydrogens (tertiary/aromatic N) is 3. The van der Waals surface area contributed by atoms with Crippen LogP contribution in [0.4, 0.5) is 8.78 Å². The second-order valence-corrected chi connectivity index (χ2v) is 7.20. The quantitative estimate of drug-likeness (QED) is 0.787. The molecule has 0 aliphatic rings. The van der Waals surface area contributed by atoms with Crippen LogP contribution >= 0.6 is 0 Å². The number of aryl methyl sites for hydroxylation is 1. The lowest BCUT2D eigenvalue weighted by atomic mass is 10.1. The number of carbonyl (C=O) groups excluding carboxylic acids is 1. The zero-order valence-corrected chi connectivity index (χ0v) is 12.8. The lowest BCUT2D eigenvalue weighted by Crippen LogP contribution is -2.21. The zero-order chi connectivity index (χ0) is 17.0. The van der Waals surface area contributed by atoms with Gasteiger partial charge in [-0.1, -0.05) is 5.21 Å². The van der Waals surface area contributed by atoms with Crippen molar-refractivity contribution in [3.8, 4) is 11.3 Å². The van der Waals surface area contributed by atoms with E-state index in [0.717, 1.165) is 18.2 Å². The molecule has 1 aromatic carbocycles. The smallest absolute Gasteiger partial charge is 0.218 e. The SMILES string of the molecule is NC(=O)CCS(=O)(=O)CCn1cc(-c2cc(F)cc(F)c2)nn1. The Morgan fingerprint density at radius 1 is 1.17 bits per heavy atom. The number of hydrogen-bond acceptors (Lipinski definition) is 5. The van der Waals surface area contributed by atoms with E-state index in [4.69, 9.17) is 5.73 Å². The minimum Gasteiger partial charge on any atom is -0.370 e. The summed E-state index contributed by atoms with van der Waals surface area (Å²) < 4.78 is 51.0. The van der Waals surface area contributed by atoms with Crippen molar-refractivity contribution in [1.82, 2.24) is 15.0 Å². The van der Waals surface area contributed by atoms with Gasteiger partial charge >= 0.3 is 0 Å². The highest BCUT2D eigenvalue weighted by Gasteiger charge is 2.14. The first kappa shape index (κ1) is 17.0. The molecule has 23 heavy (non-hydrogen) atoms. The van der Waals surface area contributed by atoms with Crippen LogP contribution in [0.25, 0.3) is 11.3 Å². The third kappa shape index (κ3) is 5.09. The number of primary amides is 1. The summed E-state index contributed by atoms with van der Waals surface area (Å²) in [5, 5.41) is 7.47. The van der Waals surface area contributed by atoms with Gasteiger partial charge in [-0.15, -0.1) is 5.10 Å². The first-order valence-corrected chi connectivity index (χ1v) is 8.43. The predicted molar refractivity (Wildman–Crippen MR) is 77.8 cm³/mol. The molecule has 0 spiro atoms. The number of sulfone groups is 1. The lowest BCUT2D eigenvalue weighted by molar-refractivity contribution is -0.117. The Morgan fingerprint density at radius 2 is 1.83 bits per heavy atom. The molecule has 7 nitrogen and oxygen atoms in total. The summed E-state index contributed by atoms with van der Waals surface area (Å²) in [6, 6.07) is 2.93. The van der Waals surface area contributed by atoms with Gasteiger partial charge in [0.1, 0.15) is 17.3 Å². The van der Waals surface area contributed by atoms with Crippen molar-refractivity contribution >= 4 is 15.7 Å². The molecule has 1 amide bonds. The van der Waals surface area contributed by atoms with Gasteiger partial charge in [-0.3, -0.25) is 9.48 Å². The number of hydrogen-bond donors (Lipinski definition) is 1. The summed E-state index contributed by atoms with van der Waals surface area (Å²) >= 11 is 0. The topological polar surface area (TPSA) is 108 Å². The summed E-state index contributed by atoms with van der Waals surface area (Å²) in [6.45, 7) is 0.00585. The molecule has 2 rings (SSSR count). The third-order valence-electron chi connectivity index (χ3n) is 2.99. The standard InChI is InChI=1S/C13H14F2N4O3S/c14-10-5-9(6-11(15)7-10)12-8-19(18-17-12)2-4-23(21,22)3-1-13(16)20/h5-8H,1-4H2,(H2,16,20).